The molecule has 0 spiro atoms. The monoisotopic (exact) mass is 335 g/mol. The standard InChI is InChI=1S/C17H20BF2NO3/c1-2-3-4-7-10-24-17-15(19)12(14-8-5-6-9-21-14)11-13(16(17)20)18(22)23/h5-6,8-9,11,22-23H,2-4,7,10H2,1H3. The van der Waals surface area contributed by atoms with Crippen LogP contribution < -0.4 is 10.2 Å². The van der Waals surface area contributed by atoms with E-state index >= 15 is 0 Å². The Bertz CT molecular complexity index is 669. The predicted octanol–water partition coefficient (Wildman–Crippen LogP) is 2.67. The third-order valence-corrected chi connectivity index (χ3v) is 3.65. The molecule has 0 aliphatic heterocycles. The molecule has 0 atom stereocenters. The first-order valence-electron chi connectivity index (χ1n) is 7.98. The molecule has 0 fully saturated rings. The van der Waals surface area contributed by atoms with Gasteiger partial charge in [0.1, 0.15) is 0 Å². The van der Waals surface area contributed by atoms with Gasteiger partial charge in [0.05, 0.1) is 12.3 Å². The van der Waals surface area contributed by atoms with Crippen LogP contribution in [-0.4, -0.2) is 28.8 Å². The molecule has 0 bridgehead atoms. The van der Waals surface area contributed by atoms with E-state index in [0.29, 0.717) is 6.42 Å². The SMILES string of the molecule is CCCCCCOc1c(F)c(B(O)O)cc(-c2ccccn2)c1F. The van der Waals surface area contributed by atoms with E-state index in [2.05, 4.69) is 11.9 Å². The van der Waals surface area contributed by atoms with E-state index in [4.69, 9.17) is 4.74 Å². The lowest BCUT2D eigenvalue weighted by atomic mass is 9.78. The van der Waals surface area contributed by atoms with Gasteiger partial charge in [-0.05, 0) is 24.6 Å². The summed E-state index contributed by atoms with van der Waals surface area (Å²) in [5.41, 5.74) is -0.225. The van der Waals surface area contributed by atoms with E-state index in [0.717, 1.165) is 25.3 Å². The molecule has 0 amide bonds. The van der Waals surface area contributed by atoms with Crippen molar-refractivity contribution in [3.63, 3.8) is 0 Å². The van der Waals surface area contributed by atoms with Gasteiger partial charge in [0.25, 0.3) is 0 Å². The predicted molar refractivity (Wildman–Crippen MR) is 89.1 cm³/mol. The zero-order valence-corrected chi connectivity index (χ0v) is 13.5. The van der Waals surface area contributed by atoms with E-state index in [-0.39, 0.29) is 17.9 Å². The first kappa shape index (κ1) is 18.4. The Hall–Kier alpha value is -1.99. The van der Waals surface area contributed by atoms with Crippen molar-refractivity contribution in [1.29, 1.82) is 0 Å². The van der Waals surface area contributed by atoms with Crippen LogP contribution in [0.5, 0.6) is 5.75 Å². The fourth-order valence-corrected chi connectivity index (χ4v) is 2.36. The second-order valence-electron chi connectivity index (χ2n) is 5.47. The summed E-state index contributed by atoms with van der Waals surface area (Å²) in [6, 6.07) is 5.92. The largest absolute Gasteiger partial charge is 0.491 e. The zero-order valence-electron chi connectivity index (χ0n) is 13.5. The van der Waals surface area contributed by atoms with E-state index in [1.165, 1.54) is 6.20 Å². The molecular weight excluding hydrogens is 315 g/mol. The summed E-state index contributed by atoms with van der Waals surface area (Å²) in [6.45, 7) is 2.21. The average Bonchev–Trinajstić information content (AvgIpc) is 2.58. The third-order valence-electron chi connectivity index (χ3n) is 3.65. The number of rotatable bonds is 8. The lowest BCUT2D eigenvalue weighted by Crippen LogP contribution is -2.34. The Balaban J connectivity index is 2.35. The lowest BCUT2D eigenvalue weighted by molar-refractivity contribution is 0.276. The minimum atomic E-state index is -2.07. The normalized spacial score (nSPS) is 10.7. The molecule has 0 aliphatic rings. The molecule has 1 aromatic carbocycles. The van der Waals surface area contributed by atoms with Gasteiger partial charge in [0, 0.05) is 17.2 Å². The molecule has 2 aromatic rings. The minimum absolute atomic E-state index is 0.0383. The van der Waals surface area contributed by atoms with Crippen LogP contribution in [0.4, 0.5) is 8.78 Å². The Morgan fingerprint density at radius 3 is 2.54 bits per heavy atom. The molecule has 128 valence electrons. The fourth-order valence-electron chi connectivity index (χ4n) is 2.36. The minimum Gasteiger partial charge on any atom is -0.488 e. The molecule has 1 heterocycles. The van der Waals surface area contributed by atoms with Crippen LogP contribution in [-0.2, 0) is 0 Å². The summed E-state index contributed by atoms with van der Waals surface area (Å²) in [4.78, 5) is 4.02. The molecule has 7 heteroatoms. The number of benzene rings is 1. The van der Waals surface area contributed by atoms with Crippen LogP contribution in [0.15, 0.2) is 30.5 Å². The molecular formula is C17H20BF2NO3. The first-order chi connectivity index (χ1) is 11.6. The summed E-state index contributed by atoms with van der Waals surface area (Å²) in [5, 5.41) is 18.7. The van der Waals surface area contributed by atoms with Crippen molar-refractivity contribution in [2.75, 3.05) is 6.61 Å². The number of aromatic nitrogens is 1. The Morgan fingerprint density at radius 1 is 1.12 bits per heavy atom. The van der Waals surface area contributed by atoms with Crippen LogP contribution >= 0.6 is 0 Å². The number of halogens is 2. The number of hydrogen-bond donors (Lipinski definition) is 2. The third kappa shape index (κ3) is 4.30. The molecule has 0 unspecified atom stereocenters. The van der Waals surface area contributed by atoms with Crippen molar-refractivity contribution in [2.45, 2.75) is 32.6 Å². The van der Waals surface area contributed by atoms with Gasteiger partial charge in [0.15, 0.2) is 17.4 Å². The Morgan fingerprint density at radius 2 is 1.92 bits per heavy atom. The van der Waals surface area contributed by atoms with E-state index in [1.54, 1.807) is 18.2 Å². The highest BCUT2D eigenvalue weighted by Gasteiger charge is 2.27. The second kappa shape index (κ2) is 8.75. The van der Waals surface area contributed by atoms with Gasteiger partial charge in [-0.3, -0.25) is 4.98 Å². The maximum Gasteiger partial charge on any atom is 0.491 e. The summed E-state index contributed by atoms with van der Waals surface area (Å²) < 4.78 is 34.3. The summed E-state index contributed by atoms with van der Waals surface area (Å²) in [5.74, 6) is -2.60. The van der Waals surface area contributed by atoms with Gasteiger partial charge in [-0.1, -0.05) is 32.3 Å². The highest BCUT2D eigenvalue weighted by molar-refractivity contribution is 6.59. The van der Waals surface area contributed by atoms with Gasteiger partial charge in [0.2, 0.25) is 0 Å². The lowest BCUT2D eigenvalue weighted by Gasteiger charge is -2.14. The van der Waals surface area contributed by atoms with Crippen LogP contribution in [0.2, 0.25) is 0 Å². The molecule has 2 rings (SSSR count). The van der Waals surface area contributed by atoms with E-state index in [9.17, 15) is 18.8 Å². The van der Waals surface area contributed by atoms with Crippen molar-refractivity contribution in [3.8, 4) is 17.0 Å². The van der Waals surface area contributed by atoms with Gasteiger partial charge in [-0.25, -0.2) is 8.78 Å². The number of ether oxygens (including phenoxy) is 1. The highest BCUT2D eigenvalue weighted by Crippen LogP contribution is 2.30. The van der Waals surface area contributed by atoms with Crippen molar-refractivity contribution >= 4 is 12.6 Å². The van der Waals surface area contributed by atoms with Crippen molar-refractivity contribution in [2.24, 2.45) is 0 Å². The van der Waals surface area contributed by atoms with Crippen LogP contribution in [0.1, 0.15) is 32.6 Å². The maximum absolute atomic E-state index is 14.7. The smallest absolute Gasteiger partial charge is 0.488 e. The molecule has 0 aliphatic carbocycles. The molecule has 0 radical (unpaired) electrons. The summed E-state index contributed by atoms with van der Waals surface area (Å²) in [6.07, 6.45) is 5.09. The van der Waals surface area contributed by atoms with E-state index in [1.807, 2.05) is 0 Å². The summed E-state index contributed by atoms with van der Waals surface area (Å²) >= 11 is 0. The van der Waals surface area contributed by atoms with Crippen LogP contribution in [0.3, 0.4) is 0 Å². The van der Waals surface area contributed by atoms with Gasteiger partial charge < -0.3 is 14.8 Å². The van der Waals surface area contributed by atoms with Crippen molar-refractivity contribution in [3.05, 3.63) is 42.1 Å². The van der Waals surface area contributed by atoms with Gasteiger partial charge >= 0.3 is 7.12 Å². The molecule has 2 N–H and O–H groups in total. The van der Waals surface area contributed by atoms with Crippen molar-refractivity contribution < 1.29 is 23.6 Å². The fraction of sp³-hybridized carbons (Fsp3) is 0.353. The maximum atomic E-state index is 14.7. The zero-order chi connectivity index (χ0) is 17.5. The number of pyridine rings is 1. The molecule has 4 nitrogen and oxygen atoms in total. The topological polar surface area (TPSA) is 62.6 Å². The quantitative estimate of drug-likeness (QED) is 0.575. The Kier molecular flexibility index (Phi) is 6.69. The molecule has 24 heavy (non-hydrogen) atoms. The molecule has 0 saturated heterocycles. The van der Waals surface area contributed by atoms with E-state index < -0.39 is 30.0 Å². The number of hydrogen-bond acceptors (Lipinski definition) is 4. The van der Waals surface area contributed by atoms with Crippen LogP contribution in [0, 0.1) is 11.6 Å². The average molecular weight is 335 g/mol. The molecule has 0 saturated carbocycles. The second-order valence-corrected chi connectivity index (χ2v) is 5.47. The van der Waals surface area contributed by atoms with Crippen molar-refractivity contribution in [1.82, 2.24) is 4.98 Å². The highest BCUT2D eigenvalue weighted by atomic mass is 19.1. The number of nitrogens with zero attached hydrogens (tertiary/aromatic N) is 1. The van der Waals surface area contributed by atoms with Gasteiger partial charge in [-0.2, -0.15) is 0 Å². The van der Waals surface area contributed by atoms with Gasteiger partial charge in [-0.15, -0.1) is 0 Å². The summed E-state index contributed by atoms with van der Waals surface area (Å²) in [7, 11) is -2.07. The Labute approximate surface area is 140 Å². The first-order valence-corrected chi connectivity index (χ1v) is 7.98. The molecule has 1 aromatic heterocycles. The number of unbranched alkanes of at least 4 members (excludes halogenated alkanes) is 3. The van der Waals surface area contributed by atoms with Crippen LogP contribution in [0.25, 0.3) is 11.3 Å².